The third-order valence-electron chi connectivity index (χ3n) is 2.22. The third-order valence-corrected chi connectivity index (χ3v) is 5.40. The maximum atomic E-state index is 11.8. The predicted octanol–water partition coefficient (Wildman–Crippen LogP) is 2.76. The Morgan fingerprint density at radius 1 is 1.16 bits per heavy atom. The van der Waals surface area contributed by atoms with Gasteiger partial charge in [0, 0.05) is 6.54 Å². The van der Waals surface area contributed by atoms with E-state index in [0.717, 1.165) is 11.3 Å². The normalized spacial score (nSPS) is 11.4. The quantitative estimate of drug-likeness (QED) is 0.833. The number of para-hydroxylation sites is 1. The molecule has 102 valence electrons. The van der Waals surface area contributed by atoms with Gasteiger partial charge in [0.15, 0.2) is 0 Å². The number of thiophene rings is 1. The highest BCUT2D eigenvalue weighted by molar-refractivity contribution is 7.91. The Morgan fingerprint density at radius 3 is 2.53 bits per heavy atom. The lowest BCUT2D eigenvalue weighted by Crippen LogP contribution is -2.27. The summed E-state index contributed by atoms with van der Waals surface area (Å²) in [5.74, 6) is 0.709. The summed E-state index contributed by atoms with van der Waals surface area (Å²) < 4.78 is 32.2. The van der Waals surface area contributed by atoms with Gasteiger partial charge in [-0.1, -0.05) is 29.8 Å². The molecule has 7 heteroatoms. The molecule has 0 atom stereocenters. The van der Waals surface area contributed by atoms with Crippen LogP contribution in [0.5, 0.6) is 5.75 Å². The zero-order valence-electron chi connectivity index (χ0n) is 9.87. The van der Waals surface area contributed by atoms with Crippen molar-refractivity contribution in [1.82, 2.24) is 4.72 Å². The molecule has 1 aromatic carbocycles. The summed E-state index contributed by atoms with van der Waals surface area (Å²) in [5.41, 5.74) is 0. The number of hydrogen-bond acceptors (Lipinski definition) is 4. The highest BCUT2D eigenvalue weighted by Gasteiger charge is 2.15. The van der Waals surface area contributed by atoms with Gasteiger partial charge in [0.05, 0.1) is 4.34 Å². The van der Waals surface area contributed by atoms with Crippen LogP contribution in [-0.4, -0.2) is 21.6 Å². The van der Waals surface area contributed by atoms with Crippen molar-refractivity contribution in [3.63, 3.8) is 0 Å². The summed E-state index contributed by atoms with van der Waals surface area (Å²) in [6, 6.07) is 12.3. The molecular weight excluding hydrogens is 306 g/mol. The Balaban J connectivity index is 1.83. The average Bonchev–Trinajstić information content (AvgIpc) is 2.84. The monoisotopic (exact) mass is 317 g/mol. The molecular formula is C12H12ClNO3S2. The first-order valence-corrected chi connectivity index (χ1v) is 8.18. The zero-order valence-corrected chi connectivity index (χ0v) is 12.3. The maximum Gasteiger partial charge on any atom is 0.250 e. The van der Waals surface area contributed by atoms with Gasteiger partial charge in [0.25, 0.3) is 0 Å². The average molecular weight is 318 g/mol. The molecule has 0 aliphatic rings. The van der Waals surface area contributed by atoms with Gasteiger partial charge in [-0.15, -0.1) is 11.3 Å². The highest BCUT2D eigenvalue weighted by Crippen LogP contribution is 2.25. The van der Waals surface area contributed by atoms with Crippen LogP contribution in [0.15, 0.2) is 46.7 Å². The lowest BCUT2D eigenvalue weighted by molar-refractivity contribution is 0.323. The number of rotatable bonds is 6. The topological polar surface area (TPSA) is 55.4 Å². The second-order valence-corrected chi connectivity index (χ2v) is 7.33. The molecule has 1 N–H and O–H groups in total. The zero-order chi connectivity index (χ0) is 13.7. The smallest absolute Gasteiger partial charge is 0.250 e. The van der Waals surface area contributed by atoms with Crippen molar-refractivity contribution >= 4 is 33.0 Å². The summed E-state index contributed by atoms with van der Waals surface area (Å²) in [5, 5.41) is 0. The van der Waals surface area contributed by atoms with Crippen LogP contribution in [0, 0.1) is 0 Å². The number of ether oxygens (including phenoxy) is 1. The van der Waals surface area contributed by atoms with Gasteiger partial charge in [0.1, 0.15) is 16.6 Å². The Labute approximate surface area is 121 Å². The van der Waals surface area contributed by atoms with Crippen LogP contribution in [0.4, 0.5) is 0 Å². The van der Waals surface area contributed by atoms with Crippen molar-refractivity contribution < 1.29 is 13.2 Å². The Morgan fingerprint density at radius 2 is 1.89 bits per heavy atom. The van der Waals surface area contributed by atoms with Crippen LogP contribution >= 0.6 is 22.9 Å². The van der Waals surface area contributed by atoms with Crippen LogP contribution in [0.2, 0.25) is 4.34 Å². The number of hydrogen-bond donors (Lipinski definition) is 1. The summed E-state index contributed by atoms with van der Waals surface area (Å²) in [6.07, 6.45) is 0. The van der Waals surface area contributed by atoms with Gasteiger partial charge in [-0.3, -0.25) is 0 Å². The molecule has 2 rings (SSSR count). The molecule has 1 aromatic heterocycles. The van der Waals surface area contributed by atoms with Crippen LogP contribution in [0.3, 0.4) is 0 Å². The molecule has 1 heterocycles. The fourth-order valence-corrected chi connectivity index (χ4v) is 3.92. The van der Waals surface area contributed by atoms with Crippen LogP contribution < -0.4 is 9.46 Å². The molecule has 0 fully saturated rings. The van der Waals surface area contributed by atoms with E-state index in [1.807, 2.05) is 30.3 Å². The van der Waals surface area contributed by atoms with Gasteiger partial charge in [-0.05, 0) is 24.3 Å². The summed E-state index contributed by atoms with van der Waals surface area (Å²) in [7, 11) is -3.49. The Hall–Kier alpha value is -1.08. The van der Waals surface area contributed by atoms with Crippen molar-refractivity contribution in [1.29, 1.82) is 0 Å². The lowest BCUT2D eigenvalue weighted by atomic mass is 10.3. The molecule has 0 aliphatic carbocycles. The van der Waals surface area contributed by atoms with Crippen molar-refractivity contribution in [3.8, 4) is 5.75 Å². The molecule has 0 saturated carbocycles. The molecule has 0 amide bonds. The fourth-order valence-electron chi connectivity index (χ4n) is 1.37. The number of benzene rings is 1. The van der Waals surface area contributed by atoms with Crippen molar-refractivity contribution in [2.24, 2.45) is 0 Å². The fraction of sp³-hybridized carbons (Fsp3) is 0.167. The predicted molar refractivity (Wildman–Crippen MR) is 76.5 cm³/mol. The van der Waals surface area contributed by atoms with Gasteiger partial charge < -0.3 is 4.74 Å². The van der Waals surface area contributed by atoms with E-state index >= 15 is 0 Å². The van der Waals surface area contributed by atoms with E-state index in [1.165, 1.54) is 6.07 Å². The highest BCUT2D eigenvalue weighted by atomic mass is 35.5. The molecule has 0 bridgehead atoms. The minimum atomic E-state index is -3.49. The Kier molecular flexibility index (Phi) is 4.81. The minimum Gasteiger partial charge on any atom is -0.492 e. The standard InChI is InChI=1S/C12H12ClNO3S2/c13-11-6-7-12(18-11)19(15,16)14-8-9-17-10-4-2-1-3-5-10/h1-7,14H,8-9H2. The van der Waals surface area contributed by atoms with E-state index in [0.29, 0.717) is 10.1 Å². The molecule has 2 aromatic rings. The van der Waals surface area contributed by atoms with Crippen molar-refractivity contribution in [2.45, 2.75) is 4.21 Å². The van der Waals surface area contributed by atoms with E-state index < -0.39 is 10.0 Å². The number of sulfonamides is 1. The number of nitrogens with one attached hydrogen (secondary N) is 1. The first-order valence-electron chi connectivity index (χ1n) is 5.51. The van der Waals surface area contributed by atoms with Crippen molar-refractivity contribution in [2.75, 3.05) is 13.2 Å². The van der Waals surface area contributed by atoms with Gasteiger partial charge in [-0.2, -0.15) is 0 Å². The maximum absolute atomic E-state index is 11.8. The van der Waals surface area contributed by atoms with E-state index in [1.54, 1.807) is 6.07 Å². The molecule has 0 aliphatic heterocycles. The first-order chi connectivity index (χ1) is 9.08. The van der Waals surface area contributed by atoms with Crippen LogP contribution in [0.25, 0.3) is 0 Å². The molecule has 0 unspecified atom stereocenters. The Bertz CT molecular complexity index is 625. The van der Waals surface area contributed by atoms with E-state index in [9.17, 15) is 8.42 Å². The SMILES string of the molecule is O=S(=O)(NCCOc1ccccc1)c1ccc(Cl)s1. The van der Waals surface area contributed by atoms with E-state index in [-0.39, 0.29) is 17.4 Å². The molecule has 0 saturated heterocycles. The van der Waals surface area contributed by atoms with Crippen molar-refractivity contribution in [3.05, 3.63) is 46.8 Å². The first kappa shape index (κ1) is 14.3. The molecule has 0 spiro atoms. The lowest BCUT2D eigenvalue weighted by Gasteiger charge is -2.07. The summed E-state index contributed by atoms with van der Waals surface area (Å²) in [4.78, 5) is 0. The van der Waals surface area contributed by atoms with Crippen LogP contribution in [0.1, 0.15) is 0 Å². The second-order valence-electron chi connectivity index (χ2n) is 3.62. The van der Waals surface area contributed by atoms with E-state index in [2.05, 4.69) is 4.72 Å². The van der Waals surface area contributed by atoms with Gasteiger partial charge in [0.2, 0.25) is 10.0 Å². The number of halogens is 1. The molecule has 19 heavy (non-hydrogen) atoms. The second kappa shape index (κ2) is 6.38. The summed E-state index contributed by atoms with van der Waals surface area (Å²) >= 11 is 6.73. The third kappa shape index (κ3) is 4.21. The van der Waals surface area contributed by atoms with Crippen LogP contribution in [-0.2, 0) is 10.0 Å². The summed E-state index contributed by atoms with van der Waals surface area (Å²) in [6.45, 7) is 0.467. The van der Waals surface area contributed by atoms with E-state index in [4.69, 9.17) is 16.3 Å². The largest absolute Gasteiger partial charge is 0.492 e. The molecule has 4 nitrogen and oxygen atoms in total. The van der Waals surface area contributed by atoms with Gasteiger partial charge in [-0.25, -0.2) is 13.1 Å². The molecule has 0 radical (unpaired) electrons. The van der Waals surface area contributed by atoms with Gasteiger partial charge >= 0.3 is 0 Å². The minimum absolute atomic E-state index is 0.201.